The molecule has 0 radical (unpaired) electrons. The minimum absolute atomic E-state index is 0.660. The number of hydrogen-bond acceptors (Lipinski definition) is 4. The van der Waals surface area contributed by atoms with Gasteiger partial charge in [-0.15, -0.1) is 0 Å². The number of para-hydroxylation sites is 3. The van der Waals surface area contributed by atoms with Gasteiger partial charge in [0.1, 0.15) is 11.0 Å². The van der Waals surface area contributed by atoms with Gasteiger partial charge in [0, 0.05) is 11.1 Å². The number of aryl methyl sites for hydroxylation is 3. The highest BCUT2D eigenvalue weighted by molar-refractivity contribution is 5.79. The van der Waals surface area contributed by atoms with Crippen molar-refractivity contribution in [1.29, 1.82) is 0 Å². The minimum atomic E-state index is 0.660. The molecule has 0 aliphatic heterocycles. The third-order valence-corrected chi connectivity index (χ3v) is 6.02. The topological polar surface area (TPSA) is 52.1 Å². The summed E-state index contributed by atoms with van der Waals surface area (Å²) in [6.07, 6.45) is 1.93. The van der Waals surface area contributed by atoms with Gasteiger partial charge in [0.25, 0.3) is 0 Å². The van der Waals surface area contributed by atoms with Crippen LogP contribution >= 0.6 is 0 Å². The largest absolute Gasteiger partial charge is 0.436 e. The number of aromatic nitrogens is 2. The number of nitrogens with zero attached hydrogens (tertiary/aromatic N) is 2. The molecular weight excluding hydrogens is 408 g/mol. The lowest BCUT2D eigenvalue weighted by Gasteiger charge is -2.04. The van der Waals surface area contributed by atoms with Gasteiger partial charge in [0.05, 0.1) is 0 Å². The fraction of sp³-hybridized carbons (Fsp3) is 0.103. The molecule has 0 saturated carbocycles. The quantitative estimate of drug-likeness (QED) is 0.286. The van der Waals surface area contributed by atoms with E-state index in [4.69, 9.17) is 8.83 Å². The van der Waals surface area contributed by atoms with Crippen LogP contribution in [0.4, 0.5) is 0 Å². The van der Waals surface area contributed by atoms with E-state index in [9.17, 15) is 0 Å². The maximum absolute atomic E-state index is 5.95. The molecule has 2 heterocycles. The zero-order valence-electron chi connectivity index (χ0n) is 18.3. The van der Waals surface area contributed by atoms with Crippen molar-refractivity contribution in [3.63, 3.8) is 0 Å². The summed E-state index contributed by atoms with van der Waals surface area (Å²) in [5.41, 5.74) is 9.14. The van der Waals surface area contributed by atoms with Gasteiger partial charge in [0.2, 0.25) is 11.8 Å². The Morgan fingerprint density at radius 3 is 1.79 bits per heavy atom. The van der Waals surface area contributed by atoms with Gasteiger partial charge < -0.3 is 8.83 Å². The molecule has 0 amide bonds. The van der Waals surface area contributed by atoms with Crippen LogP contribution in [-0.4, -0.2) is 9.97 Å². The van der Waals surface area contributed by atoms with Gasteiger partial charge in [-0.2, -0.15) is 0 Å². The van der Waals surface area contributed by atoms with Crippen molar-refractivity contribution < 1.29 is 8.83 Å². The second kappa shape index (κ2) is 8.06. The van der Waals surface area contributed by atoms with E-state index >= 15 is 0 Å². The summed E-state index contributed by atoms with van der Waals surface area (Å²) in [5.74, 6) is 1.33. The highest BCUT2D eigenvalue weighted by Crippen LogP contribution is 2.27. The molecule has 2 aromatic heterocycles. The molecule has 0 bridgehead atoms. The third kappa shape index (κ3) is 3.80. The molecule has 0 atom stereocenters. The standard InChI is InChI=1S/C29H22N2O2/c1-19-5-4-8-26-27(19)31-29(33-26)23-17-13-21(14-18-23)10-9-20-11-15-22(16-12-20)28-30-24-6-2-3-7-25(24)32-28/h2-8,11-18H,9-10H2,1H3. The molecule has 0 fully saturated rings. The molecule has 6 rings (SSSR count). The van der Waals surface area contributed by atoms with Crippen molar-refractivity contribution in [2.75, 3.05) is 0 Å². The first-order chi connectivity index (χ1) is 16.2. The molecule has 0 N–H and O–H groups in total. The lowest BCUT2D eigenvalue weighted by molar-refractivity contribution is 0.619. The van der Waals surface area contributed by atoms with Crippen molar-refractivity contribution >= 4 is 22.2 Å². The van der Waals surface area contributed by atoms with Crippen LogP contribution in [0.3, 0.4) is 0 Å². The molecule has 0 spiro atoms. The van der Waals surface area contributed by atoms with Gasteiger partial charge >= 0.3 is 0 Å². The molecule has 33 heavy (non-hydrogen) atoms. The fourth-order valence-corrected chi connectivity index (χ4v) is 4.12. The molecule has 160 valence electrons. The first kappa shape index (κ1) is 19.5. The van der Waals surface area contributed by atoms with E-state index in [0.717, 1.165) is 51.7 Å². The van der Waals surface area contributed by atoms with Crippen LogP contribution in [0, 0.1) is 6.92 Å². The first-order valence-electron chi connectivity index (χ1n) is 11.1. The Hall–Kier alpha value is -4.18. The summed E-state index contributed by atoms with van der Waals surface area (Å²) >= 11 is 0. The highest BCUT2D eigenvalue weighted by Gasteiger charge is 2.10. The molecule has 0 saturated heterocycles. The summed E-state index contributed by atoms with van der Waals surface area (Å²) in [6, 6.07) is 30.8. The minimum Gasteiger partial charge on any atom is -0.436 e. The van der Waals surface area contributed by atoms with E-state index in [1.54, 1.807) is 0 Å². The second-order valence-electron chi connectivity index (χ2n) is 8.32. The Bertz CT molecular complexity index is 1520. The number of rotatable bonds is 5. The average Bonchev–Trinajstić information content (AvgIpc) is 3.49. The molecule has 6 aromatic rings. The van der Waals surface area contributed by atoms with E-state index < -0.39 is 0 Å². The summed E-state index contributed by atoms with van der Waals surface area (Å²) in [6.45, 7) is 2.05. The van der Waals surface area contributed by atoms with Crippen molar-refractivity contribution in [3.8, 4) is 22.9 Å². The van der Waals surface area contributed by atoms with E-state index in [2.05, 4.69) is 71.5 Å². The van der Waals surface area contributed by atoms with Gasteiger partial charge in [-0.1, -0.05) is 48.5 Å². The van der Waals surface area contributed by atoms with E-state index in [1.165, 1.54) is 11.1 Å². The SMILES string of the molecule is Cc1cccc2oc(-c3ccc(CCc4ccc(-c5nc6ccccc6o5)cc4)cc3)nc12. The Morgan fingerprint density at radius 2 is 1.15 bits per heavy atom. The van der Waals surface area contributed by atoms with Crippen molar-refractivity contribution in [2.24, 2.45) is 0 Å². The molecule has 0 aliphatic carbocycles. The molecule has 4 aromatic carbocycles. The van der Waals surface area contributed by atoms with Crippen LogP contribution in [0.2, 0.25) is 0 Å². The predicted molar refractivity (Wildman–Crippen MR) is 131 cm³/mol. The average molecular weight is 431 g/mol. The Balaban J connectivity index is 1.14. The molecule has 4 heteroatoms. The predicted octanol–water partition coefficient (Wildman–Crippen LogP) is 7.40. The summed E-state index contributed by atoms with van der Waals surface area (Å²) < 4.78 is 11.8. The van der Waals surface area contributed by atoms with Crippen LogP contribution in [0.5, 0.6) is 0 Å². The monoisotopic (exact) mass is 430 g/mol. The zero-order chi connectivity index (χ0) is 22.2. The summed E-state index contributed by atoms with van der Waals surface area (Å²) in [7, 11) is 0. The van der Waals surface area contributed by atoms with E-state index in [1.807, 2.05) is 36.4 Å². The number of hydrogen-bond donors (Lipinski definition) is 0. The first-order valence-corrected chi connectivity index (χ1v) is 11.1. The second-order valence-corrected chi connectivity index (χ2v) is 8.32. The van der Waals surface area contributed by atoms with Crippen molar-refractivity contribution in [3.05, 3.63) is 108 Å². The van der Waals surface area contributed by atoms with Crippen LogP contribution in [-0.2, 0) is 12.8 Å². The summed E-state index contributed by atoms with van der Waals surface area (Å²) in [5, 5.41) is 0. The highest BCUT2D eigenvalue weighted by atomic mass is 16.4. The lowest BCUT2D eigenvalue weighted by Crippen LogP contribution is -1.92. The number of fused-ring (bicyclic) bond motifs is 2. The maximum atomic E-state index is 5.95. The van der Waals surface area contributed by atoms with Gasteiger partial charge in [-0.05, 0) is 78.9 Å². The summed E-state index contributed by atoms with van der Waals surface area (Å²) in [4.78, 5) is 9.25. The molecule has 0 aliphatic rings. The van der Waals surface area contributed by atoms with Gasteiger partial charge in [-0.3, -0.25) is 0 Å². The van der Waals surface area contributed by atoms with Crippen LogP contribution in [0.25, 0.3) is 45.1 Å². The normalized spacial score (nSPS) is 11.4. The zero-order valence-corrected chi connectivity index (χ0v) is 18.3. The van der Waals surface area contributed by atoms with E-state index in [0.29, 0.717) is 11.8 Å². The molecule has 4 nitrogen and oxygen atoms in total. The third-order valence-electron chi connectivity index (χ3n) is 6.02. The Morgan fingerprint density at radius 1 is 0.576 bits per heavy atom. The van der Waals surface area contributed by atoms with Gasteiger partial charge in [0.15, 0.2) is 11.2 Å². The van der Waals surface area contributed by atoms with Gasteiger partial charge in [-0.25, -0.2) is 9.97 Å². The van der Waals surface area contributed by atoms with Crippen LogP contribution in [0.1, 0.15) is 16.7 Å². The number of benzene rings is 4. The van der Waals surface area contributed by atoms with Crippen molar-refractivity contribution in [1.82, 2.24) is 9.97 Å². The Labute approximate surface area is 191 Å². The molecular formula is C29H22N2O2. The smallest absolute Gasteiger partial charge is 0.227 e. The number of oxazole rings is 2. The van der Waals surface area contributed by atoms with Crippen LogP contribution in [0.15, 0.2) is 99.8 Å². The fourth-order valence-electron chi connectivity index (χ4n) is 4.12. The lowest BCUT2D eigenvalue weighted by atomic mass is 10.0. The van der Waals surface area contributed by atoms with E-state index in [-0.39, 0.29) is 0 Å². The van der Waals surface area contributed by atoms with Crippen molar-refractivity contribution in [2.45, 2.75) is 19.8 Å². The van der Waals surface area contributed by atoms with Crippen LogP contribution < -0.4 is 0 Å². The maximum Gasteiger partial charge on any atom is 0.227 e. The Kier molecular flexibility index (Phi) is 4.76. The molecule has 0 unspecified atom stereocenters.